The summed E-state index contributed by atoms with van der Waals surface area (Å²) in [5.41, 5.74) is 0.764. The number of hydrogen-bond acceptors (Lipinski definition) is 4. The standard InChI is InChI=1S/C15H17N3O2/c19-14-17-8-11-2-1-3-12-13(11)18(14)9-15(10-20-12)4-6-16-7-5-15/h1-3,8,16H,4-7,9-10H2. The third kappa shape index (κ3) is 1.73. The normalized spacial score (nSPS) is 20.6. The number of ether oxygens (including phenoxy) is 1. The average Bonchev–Trinajstić information content (AvgIpc) is 2.64. The van der Waals surface area contributed by atoms with E-state index >= 15 is 0 Å². The fraction of sp³-hybridized carbons (Fsp3) is 0.467. The zero-order valence-electron chi connectivity index (χ0n) is 11.3. The molecule has 1 fully saturated rings. The van der Waals surface area contributed by atoms with Gasteiger partial charge >= 0.3 is 5.69 Å². The Bertz CT molecular complexity index is 717. The largest absolute Gasteiger partial charge is 0.491 e. The molecule has 0 bridgehead atoms. The molecule has 104 valence electrons. The van der Waals surface area contributed by atoms with Crippen LogP contribution in [0.4, 0.5) is 0 Å². The number of benzene rings is 1. The summed E-state index contributed by atoms with van der Waals surface area (Å²) in [5.74, 6) is 0.803. The van der Waals surface area contributed by atoms with Crippen LogP contribution in [0.1, 0.15) is 12.8 Å². The number of piperidine rings is 1. The molecular weight excluding hydrogens is 254 g/mol. The predicted molar refractivity (Wildman–Crippen MR) is 76.0 cm³/mol. The van der Waals surface area contributed by atoms with Crippen LogP contribution in [0.5, 0.6) is 5.75 Å². The molecule has 0 atom stereocenters. The lowest BCUT2D eigenvalue weighted by atomic mass is 9.79. The van der Waals surface area contributed by atoms with Crippen LogP contribution in [0.25, 0.3) is 10.9 Å². The minimum absolute atomic E-state index is 0.0457. The summed E-state index contributed by atoms with van der Waals surface area (Å²) in [5, 5.41) is 4.34. The molecule has 2 aromatic rings. The Morgan fingerprint density at radius 3 is 3.00 bits per heavy atom. The van der Waals surface area contributed by atoms with Crippen molar-refractivity contribution in [2.45, 2.75) is 19.4 Å². The Morgan fingerprint density at radius 1 is 1.30 bits per heavy atom. The van der Waals surface area contributed by atoms with Gasteiger partial charge < -0.3 is 10.1 Å². The average molecular weight is 271 g/mol. The van der Waals surface area contributed by atoms with E-state index in [1.54, 1.807) is 6.20 Å². The highest BCUT2D eigenvalue weighted by Gasteiger charge is 2.36. The Balaban J connectivity index is 1.92. The van der Waals surface area contributed by atoms with Crippen molar-refractivity contribution in [2.24, 2.45) is 5.41 Å². The molecule has 1 spiro atoms. The molecule has 5 heteroatoms. The van der Waals surface area contributed by atoms with Crippen molar-refractivity contribution in [1.29, 1.82) is 0 Å². The first-order valence-corrected chi connectivity index (χ1v) is 7.10. The van der Waals surface area contributed by atoms with Crippen molar-refractivity contribution < 1.29 is 4.74 Å². The van der Waals surface area contributed by atoms with Crippen LogP contribution < -0.4 is 15.7 Å². The second kappa shape index (κ2) is 4.31. The molecule has 5 nitrogen and oxygen atoms in total. The molecule has 0 radical (unpaired) electrons. The van der Waals surface area contributed by atoms with Crippen molar-refractivity contribution in [1.82, 2.24) is 14.9 Å². The number of rotatable bonds is 0. The van der Waals surface area contributed by atoms with Gasteiger partial charge in [0.15, 0.2) is 0 Å². The zero-order chi connectivity index (χ0) is 13.6. The van der Waals surface area contributed by atoms with Gasteiger partial charge in [0, 0.05) is 23.5 Å². The van der Waals surface area contributed by atoms with E-state index in [1.807, 2.05) is 22.8 Å². The van der Waals surface area contributed by atoms with Crippen LogP contribution in [0.3, 0.4) is 0 Å². The molecule has 20 heavy (non-hydrogen) atoms. The van der Waals surface area contributed by atoms with Gasteiger partial charge in [-0.1, -0.05) is 12.1 Å². The lowest BCUT2D eigenvalue weighted by Gasteiger charge is -2.36. The summed E-state index contributed by atoms with van der Waals surface area (Å²) in [7, 11) is 0. The fourth-order valence-electron chi connectivity index (χ4n) is 3.36. The molecule has 0 amide bonds. The monoisotopic (exact) mass is 271 g/mol. The molecule has 2 aliphatic heterocycles. The summed E-state index contributed by atoms with van der Waals surface area (Å²) in [4.78, 5) is 16.2. The van der Waals surface area contributed by atoms with E-state index < -0.39 is 0 Å². The molecule has 1 saturated heterocycles. The zero-order valence-corrected chi connectivity index (χ0v) is 11.3. The van der Waals surface area contributed by atoms with Gasteiger partial charge in [-0.2, -0.15) is 0 Å². The molecule has 3 heterocycles. The number of hydrogen-bond donors (Lipinski definition) is 1. The van der Waals surface area contributed by atoms with Crippen molar-refractivity contribution in [3.63, 3.8) is 0 Å². The molecule has 1 aromatic heterocycles. The lowest BCUT2D eigenvalue weighted by molar-refractivity contribution is 0.0935. The molecule has 1 N–H and O–H groups in total. The smallest absolute Gasteiger partial charge is 0.348 e. The van der Waals surface area contributed by atoms with Crippen molar-refractivity contribution in [2.75, 3.05) is 19.7 Å². The highest BCUT2D eigenvalue weighted by atomic mass is 16.5. The summed E-state index contributed by atoms with van der Waals surface area (Å²) in [6, 6.07) is 5.87. The van der Waals surface area contributed by atoms with Crippen LogP contribution in [0.2, 0.25) is 0 Å². The van der Waals surface area contributed by atoms with E-state index in [9.17, 15) is 4.79 Å². The van der Waals surface area contributed by atoms with Crippen molar-refractivity contribution in [3.05, 3.63) is 34.9 Å². The maximum atomic E-state index is 12.2. The second-order valence-electron chi connectivity index (χ2n) is 5.86. The molecular formula is C15H17N3O2. The molecule has 4 rings (SSSR count). The van der Waals surface area contributed by atoms with E-state index in [1.165, 1.54) is 0 Å². The third-order valence-corrected chi connectivity index (χ3v) is 4.54. The van der Waals surface area contributed by atoms with Gasteiger partial charge in [-0.25, -0.2) is 9.78 Å². The number of aromatic nitrogens is 2. The Morgan fingerprint density at radius 2 is 2.15 bits per heavy atom. The van der Waals surface area contributed by atoms with Gasteiger partial charge in [0.25, 0.3) is 0 Å². The third-order valence-electron chi connectivity index (χ3n) is 4.54. The SMILES string of the molecule is O=c1ncc2cccc3c2n1CC1(CCNCC1)CO3. The molecule has 0 aliphatic carbocycles. The molecule has 0 unspecified atom stereocenters. The van der Waals surface area contributed by atoms with Crippen molar-refractivity contribution >= 4 is 10.9 Å². The minimum Gasteiger partial charge on any atom is -0.491 e. The van der Waals surface area contributed by atoms with Gasteiger partial charge in [0.05, 0.1) is 12.1 Å². The van der Waals surface area contributed by atoms with E-state index in [2.05, 4.69) is 10.3 Å². The highest BCUT2D eigenvalue weighted by molar-refractivity contribution is 5.84. The van der Waals surface area contributed by atoms with Crippen LogP contribution in [0.15, 0.2) is 29.2 Å². The highest BCUT2D eigenvalue weighted by Crippen LogP contribution is 2.37. The van der Waals surface area contributed by atoms with Gasteiger partial charge in [-0.15, -0.1) is 0 Å². The quantitative estimate of drug-likeness (QED) is 0.781. The van der Waals surface area contributed by atoms with Crippen LogP contribution in [0, 0.1) is 5.41 Å². The van der Waals surface area contributed by atoms with Gasteiger partial charge in [0.1, 0.15) is 5.75 Å². The fourth-order valence-corrected chi connectivity index (χ4v) is 3.36. The van der Waals surface area contributed by atoms with E-state index in [-0.39, 0.29) is 11.1 Å². The second-order valence-corrected chi connectivity index (χ2v) is 5.86. The molecule has 0 saturated carbocycles. The van der Waals surface area contributed by atoms with E-state index in [0.29, 0.717) is 13.2 Å². The van der Waals surface area contributed by atoms with E-state index in [4.69, 9.17) is 4.74 Å². The number of nitrogens with zero attached hydrogens (tertiary/aromatic N) is 2. The number of nitrogens with one attached hydrogen (secondary N) is 1. The first-order valence-electron chi connectivity index (χ1n) is 7.10. The van der Waals surface area contributed by atoms with Gasteiger partial charge in [-0.05, 0) is 32.0 Å². The molecule has 1 aromatic carbocycles. The summed E-state index contributed by atoms with van der Waals surface area (Å²) in [6.45, 7) is 3.35. The van der Waals surface area contributed by atoms with Crippen LogP contribution >= 0.6 is 0 Å². The number of para-hydroxylation sites is 1. The first kappa shape index (κ1) is 11.9. The Labute approximate surface area is 116 Å². The van der Waals surface area contributed by atoms with Gasteiger partial charge in [-0.3, -0.25) is 4.57 Å². The minimum atomic E-state index is -0.173. The van der Waals surface area contributed by atoms with Crippen LogP contribution in [-0.2, 0) is 6.54 Å². The lowest BCUT2D eigenvalue weighted by Crippen LogP contribution is -2.44. The van der Waals surface area contributed by atoms with Gasteiger partial charge in [0.2, 0.25) is 0 Å². The van der Waals surface area contributed by atoms with Crippen molar-refractivity contribution in [3.8, 4) is 5.75 Å². The summed E-state index contributed by atoms with van der Waals surface area (Å²) < 4.78 is 7.86. The first-order chi connectivity index (χ1) is 9.77. The predicted octanol–water partition coefficient (Wildman–Crippen LogP) is 1.16. The Kier molecular flexibility index (Phi) is 2.57. The summed E-state index contributed by atoms with van der Waals surface area (Å²) in [6.07, 6.45) is 3.70. The topological polar surface area (TPSA) is 56.2 Å². The van der Waals surface area contributed by atoms with Crippen LogP contribution in [-0.4, -0.2) is 29.2 Å². The molecule has 2 aliphatic rings. The maximum absolute atomic E-state index is 12.2. The Hall–Kier alpha value is -1.88. The van der Waals surface area contributed by atoms with E-state index in [0.717, 1.165) is 42.6 Å². The maximum Gasteiger partial charge on any atom is 0.348 e. The summed E-state index contributed by atoms with van der Waals surface area (Å²) >= 11 is 0.